The second kappa shape index (κ2) is 5.46. The Labute approximate surface area is 101 Å². The highest BCUT2D eigenvalue weighted by atomic mass is 16.5. The van der Waals surface area contributed by atoms with Gasteiger partial charge in [-0.15, -0.1) is 0 Å². The van der Waals surface area contributed by atoms with Gasteiger partial charge in [-0.25, -0.2) is 0 Å². The van der Waals surface area contributed by atoms with E-state index in [0.717, 1.165) is 23.6 Å². The summed E-state index contributed by atoms with van der Waals surface area (Å²) in [5.41, 5.74) is 3.21. The highest BCUT2D eigenvalue weighted by Gasteiger charge is 2.01. The van der Waals surface area contributed by atoms with Crippen LogP contribution in [-0.4, -0.2) is 19.1 Å². The van der Waals surface area contributed by atoms with Crippen LogP contribution >= 0.6 is 0 Å². The van der Waals surface area contributed by atoms with E-state index in [1.807, 2.05) is 43.6 Å². The topological polar surface area (TPSA) is 34.1 Å². The zero-order valence-corrected chi connectivity index (χ0v) is 10.1. The number of pyridine rings is 1. The summed E-state index contributed by atoms with van der Waals surface area (Å²) in [6, 6.07) is 12.0. The normalized spacial score (nSPS) is 10.2. The van der Waals surface area contributed by atoms with Crippen molar-refractivity contribution in [3.05, 3.63) is 48.2 Å². The maximum atomic E-state index is 5.20. The fourth-order valence-electron chi connectivity index (χ4n) is 1.69. The average molecular weight is 228 g/mol. The van der Waals surface area contributed by atoms with Crippen molar-refractivity contribution in [2.24, 2.45) is 0 Å². The van der Waals surface area contributed by atoms with Gasteiger partial charge >= 0.3 is 0 Å². The number of methoxy groups -OCH3 is 1. The standard InChI is InChI=1S/C14H16N2O/c1-15-9-11-6-7-14(16-10-11)12-4-3-5-13(8-12)17-2/h3-8,10,15H,9H2,1-2H3. The van der Waals surface area contributed by atoms with Crippen LogP contribution in [0.1, 0.15) is 5.56 Å². The van der Waals surface area contributed by atoms with Crippen molar-refractivity contribution in [2.75, 3.05) is 14.2 Å². The molecule has 3 nitrogen and oxygen atoms in total. The summed E-state index contributed by atoms with van der Waals surface area (Å²) in [6.45, 7) is 0.839. The van der Waals surface area contributed by atoms with Crippen LogP contribution in [0.4, 0.5) is 0 Å². The molecule has 0 aliphatic heterocycles. The summed E-state index contributed by atoms with van der Waals surface area (Å²) in [5.74, 6) is 0.851. The molecule has 17 heavy (non-hydrogen) atoms. The van der Waals surface area contributed by atoms with E-state index in [0.29, 0.717) is 0 Å². The smallest absolute Gasteiger partial charge is 0.119 e. The maximum absolute atomic E-state index is 5.20. The van der Waals surface area contributed by atoms with Gasteiger partial charge in [-0.3, -0.25) is 4.98 Å². The zero-order chi connectivity index (χ0) is 12.1. The van der Waals surface area contributed by atoms with Gasteiger partial charge in [0.25, 0.3) is 0 Å². The Balaban J connectivity index is 2.26. The monoisotopic (exact) mass is 228 g/mol. The van der Waals surface area contributed by atoms with E-state index in [9.17, 15) is 0 Å². The fourth-order valence-corrected chi connectivity index (χ4v) is 1.69. The molecule has 0 atom stereocenters. The average Bonchev–Trinajstić information content (AvgIpc) is 2.40. The van der Waals surface area contributed by atoms with Gasteiger partial charge in [-0.1, -0.05) is 18.2 Å². The van der Waals surface area contributed by atoms with E-state index in [-0.39, 0.29) is 0 Å². The Kier molecular flexibility index (Phi) is 3.73. The Morgan fingerprint density at radius 2 is 2.12 bits per heavy atom. The predicted molar refractivity (Wildman–Crippen MR) is 69.0 cm³/mol. The van der Waals surface area contributed by atoms with Crippen LogP contribution in [0.5, 0.6) is 5.75 Å². The van der Waals surface area contributed by atoms with Crippen LogP contribution in [-0.2, 0) is 6.54 Å². The van der Waals surface area contributed by atoms with Crippen LogP contribution in [0.3, 0.4) is 0 Å². The Bertz CT molecular complexity index is 480. The number of hydrogen-bond acceptors (Lipinski definition) is 3. The van der Waals surface area contributed by atoms with Crippen LogP contribution in [0.25, 0.3) is 11.3 Å². The van der Waals surface area contributed by atoms with Gasteiger partial charge < -0.3 is 10.1 Å². The predicted octanol–water partition coefficient (Wildman–Crippen LogP) is 2.48. The van der Waals surface area contributed by atoms with Crippen molar-refractivity contribution in [3.8, 4) is 17.0 Å². The van der Waals surface area contributed by atoms with E-state index >= 15 is 0 Å². The number of rotatable bonds is 4. The van der Waals surface area contributed by atoms with Crippen molar-refractivity contribution in [2.45, 2.75) is 6.54 Å². The van der Waals surface area contributed by atoms with Gasteiger partial charge in [0.15, 0.2) is 0 Å². The molecule has 2 rings (SSSR count). The zero-order valence-electron chi connectivity index (χ0n) is 10.1. The lowest BCUT2D eigenvalue weighted by Gasteiger charge is -2.05. The highest BCUT2D eigenvalue weighted by molar-refractivity contribution is 5.61. The SMILES string of the molecule is CNCc1ccc(-c2cccc(OC)c2)nc1. The fraction of sp³-hybridized carbons (Fsp3) is 0.214. The summed E-state index contributed by atoms with van der Waals surface area (Å²) in [5, 5.41) is 3.10. The molecule has 0 bridgehead atoms. The van der Waals surface area contributed by atoms with E-state index in [4.69, 9.17) is 4.74 Å². The first-order chi connectivity index (χ1) is 8.33. The molecule has 1 heterocycles. The first kappa shape index (κ1) is 11.6. The lowest BCUT2D eigenvalue weighted by molar-refractivity contribution is 0.415. The lowest BCUT2D eigenvalue weighted by atomic mass is 10.1. The quantitative estimate of drug-likeness (QED) is 0.873. The van der Waals surface area contributed by atoms with Gasteiger partial charge in [-0.05, 0) is 30.8 Å². The molecule has 0 spiro atoms. The number of hydrogen-bond donors (Lipinski definition) is 1. The third-order valence-electron chi connectivity index (χ3n) is 2.57. The van der Waals surface area contributed by atoms with Gasteiger partial charge in [0.1, 0.15) is 5.75 Å². The maximum Gasteiger partial charge on any atom is 0.119 e. The van der Waals surface area contributed by atoms with Crippen LogP contribution in [0, 0.1) is 0 Å². The van der Waals surface area contributed by atoms with E-state index < -0.39 is 0 Å². The summed E-state index contributed by atoms with van der Waals surface area (Å²) >= 11 is 0. The first-order valence-corrected chi connectivity index (χ1v) is 5.57. The summed E-state index contributed by atoms with van der Waals surface area (Å²) < 4.78 is 5.20. The molecular formula is C14H16N2O. The highest BCUT2D eigenvalue weighted by Crippen LogP contribution is 2.21. The molecule has 0 unspecified atom stereocenters. The molecule has 1 aromatic carbocycles. The van der Waals surface area contributed by atoms with Gasteiger partial charge in [0.05, 0.1) is 12.8 Å². The number of aromatic nitrogens is 1. The number of ether oxygens (including phenoxy) is 1. The van der Waals surface area contributed by atoms with Crippen LogP contribution in [0.2, 0.25) is 0 Å². The number of benzene rings is 1. The molecule has 0 aliphatic carbocycles. The molecule has 3 heteroatoms. The lowest BCUT2D eigenvalue weighted by Crippen LogP contribution is -2.05. The molecule has 0 radical (unpaired) electrons. The van der Waals surface area contributed by atoms with Crippen molar-refractivity contribution in [1.82, 2.24) is 10.3 Å². The Hall–Kier alpha value is -1.87. The van der Waals surface area contributed by atoms with E-state index in [2.05, 4.69) is 16.4 Å². The molecule has 0 fully saturated rings. The second-order valence-electron chi connectivity index (χ2n) is 3.81. The molecule has 0 saturated heterocycles. The minimum absolute atomic E-state index is 0.839. The van der Waals surface area contributed by atoms with Crippen LogP contribution in [0.15, 0.2) is 42.6 Å². The van der Waals surface area contributed by atoms with Gasteiger partial charge in [0.2, 0.25) is 0 Å². The largest absolute Gasteiger partial charge is 0.497 e. The molecule has 1 N–H and O–H groups in total. The summed E-state index contributed by atoms with van der Waals surface area (Å²) in [6.07, 6.45) is 1.89. The molecular weight excluding hydrogens is 212 g/mol. The summed E-state index contributed by atoms with van der Waals surface area (Å²) in [7, 11) is 3.60. The Morgan fingerprint density at radius 3 is 2.76 bits per heavy atom. The van der Waals surface area contributed by atoms with E-state index in [1.54, 1.807) is 7.11 Å². The molecule has 88 valence electrons. The Morgan fingerprint density at radius 1 is 1.24 bits per heavy atom. The minimum Gasteiger partial charge on any atom is -0.497 e. The summed E-state index contributed by atoms with van der Waals surface area (Å²) in [4.78, 5) is 4.45. The van der Waals surface area contributed by atoms with Gasteiger partial charge in [0, 0.05) is 18.3 Å². The van der Waals surface area contributed by atoms with Gasteiger partial charge in [-0.2, -0.15) is 0 Å². The third-order valence-corrected chi connectivity index (χ3v) is 2.57. The van der Waals surface area contributed by atoms with Crippen molar-refractivity contribution in [1.29, 1.82) is 0 Å². The van der Waals surface area contributed by atoms with Crippen molar-refractivity contribution >= 4 is 0 Å². The van der Waals surface area contributed by atoms with Crippen LogP contribution < -0.4 is 10.1 Å². The van der Waals surface area contributed by atoms with Crippen molar-refractivity contribution in [3.63, 3.8) is 0 Å². The molecule has 1 aromatic heterocycles. The molecule has 0 saturated carbocycles. The first-order valence-electron chi connectivity index (χ1n) is 5.57. The van der Waals surface area contributed by atoms with Crippen molar-refractivity contribution < 1.29 is 4.74 Å². The number of nitrogens with one attached hydrogen (secondary N) is 1. The minimum atomic E-state index is 0.839. The third kappa shape index (κ3) is 2.82. The molecule has 0 aliphatic rings. The van der Waals surface area contributed by atoms with E-state index in [1.165, 1.54) is 5.56 Å². The number of nitrogens with zero attached hydrogens (tertiary/aromatic N) is 1. The molecule has 0 amide bonds. The second-order valence-corrected chi connectivity index (χ2v) is 3.81. The molecule has 2 aromatic rings.